The van der Waals surface area contributed by atoms with E-state index < -0.39 is 0 Å². The number of thioether (sulfide) groups is 1. The standard InChI is InChI=1S/C11H16N2O3S/c1-14-8-5-7(13-11(12)17-4)6-9(15-2)10(8)16-3/h5-6H,1-4H3,(H2,12,13). The summed E-state index contributed by atoms with van der Waals surface area (Å²) in [6.45, 7) is 0. The van der Waals surface area contributed by atoms with Crippen LogP contribution in [-0.2, 0) is 0 Å². The van der Waals surface area contributed by atoms with Gasteiger partial charge in [-0.25, -0.2) is 4.99 Å². The van der Waals surface area contributed by atoms with Gasteiger partial charge < -0.3 is 19.9 Å². The van der Waals surface area contributed by atoms with Crippen LogP contribution in [0.1, 0.15) is 0 Å². The van der Waals surface area contributed by atoms with E-state index in [0.717, 1.165) is 0 Å². The van der Waals surface area contributed by atoms with Crippen molar-refractivity contribution >= 4 is 22.6 Å². The number of methoxy groups -OCH3 is 3. The Bertz CT molecular complexity index is 396. The first-order chi connectivity index (χ1) is 8.15. The van der Waals surface area contributed by atoms with Crippen LogP contribution in [0.3, 0.4) is 0 Å². The topological polar surface area (TPSA) is 66.1 Å². The van der Waals surface area contributed by atoms with E-state index in [0.29, 0.717) is 28.1 Å². The molecule has 1 aromatic rings. The number of benzene rings is 1. The molecular weight excluding hydrogens is 240 g/mol. The minimum absolute atomic E-state index is 0.472. The molecule has 0 radical (unpaired) electrons. The first kappa shape index (κ1) is 13.5. The molecule has 5 nitrogen and oxygen atoms in total. The number of amidine groups is 1. The Balaban J connectivity index is 3.27. The van der Waals surface area contributed by atoms with Crippen molar-refractivity contribution in [1.29, 1.82) is 0 Å². The van der Waals surface area contributed by atoms with Crippen molar-refractivity contribution in [2.75, 3.05) is 27.6 Å². The zero-order valence-electron chi connectivity index (χ0n) is 10.3. The van der Waals surface area contributed by atoms with E-state index in [2.05, 4.69) is 4.99 Å². The van der Waals surface area contributed by atoms with Crippen molar-refractivity contribution in [3.8, 4) is 17.2 Å². The lowest BCUT2D eigenvalue weighted by Gasteiger charge is -2.12. The molecule has 0 aliphatic carbocycles. The summed E-state index contributed by atoms with van der Waals surface area (Å²) in [6, 6.07) is 3.48. The van der Waals surface area contributed by atoms with Crippen molar-refractivity contribution in [3.63, 3.8) is 0 Å². The van der Waals surface area contributed by atoms with Crippen LogP contribution in [0, 0.1) is 0 Å². The van der Waals surface area contributed by atoms with E-state index in [1.165, 1.54) is 11.8 Å². The Hall–Kier alpha value is -1.56. The molecule has 0 spiro atoms. The summed E-state index contributed by atoms with van der Waals surface area (Å²) in [5, 5.41) is 0.472. The Morgan fingerprint density at radius 1 is 1.12 bits per heavy atom. The van der Waals surface area contributed by atoms with Crippen LogP contribution in [0.25, 0.3) is 0 Å². The van der Waals surface area contributed by atoms with Crippen LogP contribution in [0.2, 0.25) is 0 Å². The van der Waals surface area contributed by atoms with E-state index in [1.54, 1.807) is 33.5 Å². The van der Waals surface area contributed by atoms with Crippen LogP contribution in [0.15, 0.2) is 17.1 Å². The van der Waals surface area contributed by atoms with E-state index in [1.807, 2.05) is 6.26 Å². The summed E-state index contributed by atoms with van der Waals surface area (Å²) in [7, 11) is 4.67. The van der Waals surface area contributed by atoms with Crippen molar-refractivity contribution in [1.82, 2.24) is 0 Å². The van der Waals surface area contributed by atoms with Gasteiger partial charge in [0.2, 0.25) is 5.75 Å². The number of hydrogen-bond donors (Lipinski definition) is 1. The zero-order chi connectivity index (χ0) is 12.8. The summed E-state index contributed by atoms with van der Waals surface area (Å²) in [4.78, 5) is 4.21. The number of nitrogens with zero attached hydrogens (tertiary/aromatic N) is 1. The largest absolute Gasteiger partial charge is 0.493 e. The molecule has 0 unspecified atom stereocenters. The summed E-state index contributed by atoms with van der Waals surface area (Å²) in [5.74, 6) is 1.65. The molecule has 17 heavy (non-hydrogen) atoms. The monoisotopic (exact) mass is 256 g/mol. The first-order valence-corrected chi connectivity index (χ1v) is 6.06. The van der Waals surface area contributed by atoms with E-state index in [9.17, 15) is 0 Å². The highest BCUT2D eigenvalue weighted by Crippen LogP contribution is 2.40. The van der Waals surface area contributed by atoms with Gasteiger partial charge in [-0.2, -0.15) is 0 Å². The molecule has 1 aromatic carbocycles. The van der Waals surface area contributed by atoms with Crippen LogP contribution in [-0.4, -0.2) is 32.8 Å². The SMILES string of the molecule is COc1cc(N=C(N)SC)cc(OC)c1OC. The molecule has 0 aromatic heterocycles. The van der Waals surface area contributed by atoms with Gasteiger partial charge in [0.05, 0.1) is 27.0 Å². The predicted octanol–water partition coefficient (Wildman–Crippen LogP) is 2.02. The van der Waals surface area contributed by atoms with Gasteiger partial charge in [0.15, 0.2) is 16.7 Å². The lowest BCUT2D eigenvalue weighted by atomic mass is 10.2. The fourth-order valence-corrected chi connectivity index (χ4v) is 1.50. The van der Waals surface area contributed by atoms with Gasteiger partial charge in [-0.05, 0) is 6.26 Å². The van der Waals surface area contributed by atoms with Crippen molar-refractivity contribution < 1.29 is 14.2 Å². The van der Waals surface area contributed by atoms with Gasteiger partial charge in [-0.15, -0.1) is 0 Å². The number of rotatable bonds is 4. The summed E-state index contributed by atoms with van der Waals surface area (Å²) in [5.41, 5.74) is 6.32. The Morgan fingerprint density at radius 2 is 1.65 bits per heavy atom. The first-order valence-electron chi connectivity index (χ1n) is 4.84. The van der Waals surface area contributed by atoms with Crippen molar-refractivity contribution in [2.24, 2.45) is 10.7 Å². The highest BCUT2D eigenvalue weighted by atomic mass is 32.2. The lowest BCUT2D eigenvalue weighted by molar-refractivity contribution is 0.324. The zero-order valence-corrected chi connectivity index (χ0v) is 11.1. The molecule has 0 aliphatic heterocycles. The minimum atomic E-state index is 0.472. The fraction of sp³-hybridized carbons (Fsp3) is 0.364. The maximum Gasteiger partial charge on any atom is 0.203 e. The fourth-order valence-electron chi connectivity index (χ4n) is 1.30. The second-order valence-corrected chi connectivity index (χ2v) is 3.86. The van der Waals surface area contributed by atoms with Crippen molar-refractivity contribution in [2.45, 2.75) is 0 Å². The van der Waals surface area contributed by atoms with Gasteiger partial charge in [-0.3, -0.25) is 0 Å². The van der Waals surface area contributed by atoms with Crippen LogP contribution in [0.4, 0.5) is 5.69 Å². The highest BCUT2D eigenvalue weighted by Gasteiger charge is 2.12. The van der Waals surface area contributed by atoms with Gasteiger partial charge in [0.25, 0.3) is 0 Å². The maximum atomic E-state index is 5.66. The molecule has 0 aliphatic rings. The predicted molar refractivity (Wildman–Crippen MR) is 70.9 cm³/mol. The van der Waals surface area contributed by atoms with Gasteiger partial charge >= 0.3 is 0 Å². The average molecular weight is 256 g/mol. The molecule has 0 saturated heterocycles. The van der Waals surface area contributed by atoms with Crippen molar-refractivity contribution in [3.05, 3.63) is 12.1 Å². The third-order valence-corrected chi connectivity index (χ3v) is 2.61. The van der Waals surface area contributed by atoms with E-state index in [4.69, 9.17) is 19.9 Å². The third-order valence-electron chi connectivity index (χ3n) is 2.10. The molecule has 0 atom stereocenters. The molecule has 1 rings (SSSR count). The molecule has 2 N–H and O–H groups in total. The van der Waals surface area contributed by atoms with E-state index in [-0.39, 0.29) is 0 Å². The summed E-state index contributed by atoms with van der Waals surface area (Å²) >= 11 is 1.37. The third kappa shape index (κ3) is 3.20. The maximum absolute atomic E-state index is 5.66. The molecule has 94 valence electrons. The summed E-state index contributed by atoms with van der Waals surface area (Å²) in [6.07, 6.45) is 1.86. The lowest BCUT2D eigenvalue weighted by Crippen LogP contribution is -2.04. The average Bonchev–Trinajstić information content (AvgIpc) is 2.37. The molecule has 0 bridgehead atoms. The minimum Gasteiger partial charge on any atom is -0.493 e. The number of hydrogen-bond acceptors (Lipinski definition) is 5. The molecule has 0 fully saturated rings. The molecule has 6 heteroatoms. The molecule has 0 heterocycles. The smallest absolute Gasteiger partial charge is 0.203 e. The molecule has 0 amide bonds. The molecule has 0 saturated carbocycles. The summed E-state index contributed by atoms with van der Waals surface area (Å²) < 4.78 is 15.6. The number of aliphatic imine (C=N–C) groups is 1. The number of nitrogens with two attached hydrogens (primary N) is 1. The van der Waals surface area contributed by atoms with Crippen LogP contribution >= 0.6 is 11.8 Å². The van der Waals surface area contributed by atoms with Gasteiger partial charge in [0.1, 0.15) is 0 Å². The highest BCUT2D eigenvalue weighted by molar-refractivity contribution is 8.13. The number of ether oxygens (including phenoxy) is 3. The quantitative estimate of drug-likeness (QED) is 0.659. The Labute approximate surface area is 105 Å². The Kier molecular flexibility index (Phi) is 4.96. The second kappa shape index (κ2) is 6.24. The Morgan fingerprint density at radius 3 is 2.00 bits per heavy atom. The van der Waals surface area contributed by atoms with Gasteiger partial charge in [-0.1, -0.05) is 11.8 Å². The van der Waals surface area contributed by atoms with Crippen LogP contribution in [0.5, 0.6) is 17.2 Å². The second-order valence-electron chi connectivity index (χ2n) is 3.04. The van der Waals surface area contributed by atoms with Crippen LogP contribution < -0.4 is 19.9 Å². The normalized spacial score (nSPS) is 11.2. The van der Waals surface area contributed by atoms with Gasteiger partial charge in [0, 0.05) is 12.1 Å². The molecular formula is C11H16N2O3S. The van der Waals surface area contributed by atoms with E-state index >= 15 is 0 Å².